The van der Waals surface area contributed by atoms with Crippen molar-refractivity contribution in [1.82, 2.24) is 0 Å². The van der Waals surface area contributed by atoms with E-state index in [1.807, 2.05) is 0 Å². The van der Waals surface area contributed by atoms with Crippen LogP contribution in [-0.2, 0) is 4.74 Å². The summed E-state index contributed by atoms with van der Waals surface area (Å²) in [7, 11) is 0. The summed E-state index contributed by atoms with van der Waals surface area (Å²) < 4.78 is 5.32. The summed E-state index contributed by atoms with van der Waals surface area (Å²) in [4.78, 5) is 11.2. The molecule has 0 aromatic rings. The van der Waals surface area contributed by atoms with Crippen LogP contribution in [0, 0.1) is 46.3 Å². The molecule has 0 bridgehead atoms. The molecule has 4 rings (SSSR count). The fourth-order valence-electron chi connectivity index (χ4n) is 9.01. The summed E-state index contributed by atoms with van der Waals surface area (Å²) in [6.45, 7) is 9.33. The van der Waals surface area contributed by atoms with Gasteiger partial charge in [0.25, 0.3) is 0 Å². The molecule has 172 valence electrons. The van der Waals surface area contributed by atoms with Crippen LogP contribution in [0.5, 0.6) is 0 Å². The minimum atomic E-state index is -0.722. The highest BCUT2D eigenvalue weighted by molar-refractivity contribution is 6.61. The first-order valence-electron chi connectivity index (χ1n) is 12.3. The molecule has 4 aliphatic rings. The van der Waals surface area contributed by atoms with E-state index in [9.17, 15) is 15.0 Å². The molecular formula is C25H41ClO4. The SMILES string of the molecule is CCCC(C)[C@H]1CCC2C3C(C[C@H](O)[C@@]21C)[C@@]1(C)CC[C@@H](OC(=O)Cl)C[C@H]1C[C@H]3O. The quantitative estimate of drug-likeness (QED) is 0.544. The predicted octanol–water partition coefficient (Wildman–Crippen LogP) is 5.77. The normalized spacial score (nSPS) is 51.4. The van der Waals surface area contributed by atoms with Crippen molar-refractivity contribution in [2.45, 2.75) is 104 Å². The van der Waals surface area contributed by atoms with Crippen LogP contribution in [-0.4, -0.2) is 34.0 Å². The van der Waals surface area contributed by atoms with Gasteiger partial charge in [-0.05, 0) is 91.3 Å². The van der Waals surface area contributed by atoms with Crippen LogP contribution < -0.4 is 0 Å². The largest absolute Gasteiger partial charge is 0.450 e. The van der Waals surface area contributed by atoms with E-state index >= 15 is 0 Å². The first-order valence-corrected chi connectivity index (χ1v) is 12.7. The zero-order valence-corrected chi connectivity index (χ0v) is 19.9. The van der Waals surface area contributed by atoms with Crippen LogP contribution in [0.25, 0.3) is 0 Å². The molecule has 2 N–H and O–H groups in total. The molecule has 0 aromatic heterocycles. The van der Waals surface area contributed by atoms with Gasteiger partial charge in [-0.3, -0.25) is 0 Å². The maximum absolute atomic E-state index is 11.6. The molecule has 0 saturated heterocycles. The van der Waals surface area contributed by atoms with Gasteiger partial charge in [0.2, 0.25) is 0 Å². The second-order valence-corrected chi connectivity index (χ2v) is 11.9. The van der Waals surface area contributed by atoms with E-state index in [1.165, 1.54) is 19.3 Å². The zero-order valence-electron chi connectivity index (χ0n) is 19.1. The second kappa shape index (κ2) is 8.23. The Hall–Kier alpha value is -0.320. The van der Waals surface area contributed by atoms with Gasteiger partial charge < -0.3 is 14.9 Å². The van der Waals surface area contributed by atoms with Gasteiger partial charge in [-0.2, -0.15) is 0 Å². The Labute approximate surface area is 187 Å². The second-order valence-electron chi connectivity index (χ2n) is 11.6. The molecule has 30 heavy (non-hydrogen) atoms. The topological polar surface area (TPSA) is 66.8 Å². The fraction of sp³-hybridized carbons (Fsp3) is 0.960. The number of aliphatic hydroxyl groups excluding tert-OH is 2. The minimum absolute atomic E-state index is 0.0781. The van der Waals surface area contributed by atoms with Gasteiger partial charge in [0, 0.05) is 11.6 Å². The molecular weight excluding hydrogens is 400 g/mol. The summed E-state index contributed by atoms with van der Waals surface area (Å²) >= 11 is 5.47. The minimum Gasteiger partial charge on any atom is -0.450 e. The van der Waals surface area contributed by atoms with Crippen LogP contribution in [0.15, 0.2) is 0 Å². The highest BCUT2D eigenvalue weighted by Crippen LogP contribution is 2.68. The number of rotatable bonds is 4. The number of carbonyl (C=O) groups excluding carboxylic acids is 1. The summed E-state index contributed by atoms with van der Waals surface area (Å²) in [5.74, 6) is 2.52. The van der Waals surface area contributed by atoms with Gasteiger partial charge >= 0.3 is 5.43 Å². The van der Waals surface area contributed by atoms with Crippen molar-refractivity contribution in [3.05, 3.63) is 0 Å². The van der Waals surface area contributed by atoms with E-state index in [0.29, 0.717) is 29.6 Å². The number of ether oxygens (including phenoxy) is 1. The maximum atomic E-state index is 11.6. The van der Waals surface area contributed by atoms with Gasteiger partial charge in [-0.1, -0.05) is 40.5 Å². The average molecular weight is 441 g/mol. The van der Waals surface area contributed by atoms with Crippen molar-refractivity contribution in [2.24, 2.45) is 46.3 Å². The Morgan fingerprint density at radius 2 is 1.87 bits per heavy atom. The molecule has 0 spiro atoms. The highest BCUT2D eigenvalue weighted by atomic mass is 35.5. The third-order valence-electron chi connectivity index (χ3n) is 10.5. The number of halogens is 1. The van der Waals surface area contributed by atoms with E-state index in [1.54, 1.807) is 0 Å². The third-order valence-corrected chi connectivity index (χ3v) is 10.6. The Kier molecular flexibility index (Phi) is 6.27. The Morgan fingerprint density at radius 1 is 1.13 bits per heavy atom. The van der Waals surface area contributed by atoms with Crippen molar-refractivity contribution in [3.8, 4) is 0 Å². The first-order chi connectivity index (χ1) is 14.1. The summed E-state index contributed by atoms with van der Waals surface area (Å²) in [5.41, 5.74) is -0.709. The Bertz CT molecular complexity index is 655. The molecule has 11 atom stereocenters. The highest BCUT2D eigenvalue weighted by Gasteiger charge is 2.65. The van der Waals surface area contributed by atoms with Gasteiger partial charge in [0.1, 0.15) is 6.10 Å². The Morgan fingerprint density at radius 3 is 2.53 bits per heavy atom. The number of hydrogen-bond donors (Lipinski definition) is 2. The molecule has 4 nitrogen and oxygen atoms in total. The summed E-state index contributed by atoms with van der Waals surface area (Å²) in [6, 6.07) is 0. The van der Waals surface area contributed by atoms with Crippen molar-refractivity contribution < 1.29 is 19.7 Å². The van der Waals surface area contributed by atoms with Crippen molar-refractivity contribution in [2.75, 3.05) is 0 Å². The van der Waals surface area contributed by atoms with Crippen LogP contribution in [0.4, 0.5) is 4.79 Å². The lowest BCUT2D eigenvalue weighted by atomic mass is 9.43. The van der Waals surface area contributed by atoms with Gasteiger partial charge in [-0.25, -0.2) is 4.79 Å². The standard InChI is InChI=1S/C25H41ClO4/c1-5-6-14(2)17-7-8-18-22-19(13-21(28)25(17,18)4)24(3)10-9-16(30-23(26)29)11-15(24)12-20(22)27/h14-22,27-28H,5-13H2,1-4H3/t14?,15-,16+,17+,18?,19?,20+,21-,22?,24-,25+/m0/s1. The molecule has 4 aliphatic carbocycles. The molecule has 0 amide bonds. The maximum Gasteiger partial charge on any atom is 0.404 e. The van der Waals surface area contributed by atoms with Gasteiger partial charge in [0.15, 0.2) is 0 Å². The monoisotopic (exact) mass is 440 g/mol. The summed E-state index contributed by atoms with van der Waals surface area (Å²) in [6.07, 6.45) is 8.15. The van der Waals surface area contributed by atoms with Gasteiger partial charge in [-0.15, -0.1) is 0 Å². The van der Waals surface area contributed by atoms with Crippen LogP contribution >= 0.6 is 11.6 Å². The van der Waals surface area contributed by atoms with E-state index in [0.717, 1.165) is 38.5 Å². The molecule has 4 saturated carbocycles. The van der Waals surface area contributed by atoms with Crippen LogP contribution in [0.1, 0.15) is 85.5 Å². The fourth-order valence-corrected chi connectivity index (χ4v) is 9.14. The lowest BCUT2D eigenvalue weighted by Crippen LogP contribution is -2.62. The number of fused-ring (bicyclic) bond motifs is 5. The van der Waals surface area contributed by atoms with E-state index < -0.39 is 5.43 Å². The molecule has 5 heteroatoms. The number of aliphatic hydroxyl groups is 2. The molecule has 0 aliphatic heterocycles. The van der Waals surface area contributed by atoms with Crippen molar-refractivity contribution >= 4 is 17.0 Å². The van der Waals surface area contributed by atoms with E-state index in [-0.39, 0.29) is 35.1 Å². The molecule has 4 fully saturated rings. The average Bonchev–Trinajstić information content (AvgIpc) is 3.02. The molecule has 4 unspecified atom stereocenters. The van der Waals surface area contributed by atoms with Crippen molar-refractivity contribution in [1.29, 1.82) is 0 Å². The predicted molar refractivity (Wildman–Crippen MR) is 118 cm³/mol. The third kappa shape index (κ3) is 3.44. The smallest absolute Gasteiger partial charge is 0.404 e. The Balaban J connectivity index is 1.60. The van der Waals surface area contributed by atoms with Gasteiger partial charge in [0.05, 0.1) is 12.2 Å². The number of carbonyl (C=O) groups is 1. The number of hydrogen-bond acceptors (Lipinski definition) is 4. The van der Waals surface area contributed by atoms with Crippen molar-refractivity contribution in [3.63, 3.8) is 0 Å². The zero-order chi connectivity index (χ0) is 21.8. The van der Waals surface area contributed by atoms with Crippen LogP contribution in [0.3, 0.4) is 0 Å². The molecule has 0 radical (unpaired) electrons. The molecule has 0 aromatic carbocycles. The molecule has 0 heterocycles. The lowest BCUT2D eigenvalue weighted by molar-refractivity contribution is -0.206. The lowest BCUT2D eigenvalue weighted by Gasteiger charge is -2.63. The van der Waals surface area contributed by atoms with E-state index in [2.05, 4.69) is 27.7 Å². The summed E-state index contributed by atoms with van der Waals surface area (Å²) in [5, 5.41) is 22.9. The first kappa shape index (κ1) is 22.9. The van der Waals surface area contributed by atoms with Crippen LogP contribution in [0.2, 0.25) is 0 Å². The van der Waals surface area contributed by atoms with E-state index in [4.69, 9.17) is 16.3 Å².